The van der Waals surface area contributed by atoms with Crippen molar-refractivity contribution >= 4 is 23.5 Å². The average molecular weight is 421 g/mol. The molecule has 2 unspecified atom stereocenters. The fourth-order valence-corrected chi connectivity index (χ4v) is 3.38. The molecule has 0 saturated carbocycles. The zero-order valence-corrected chi connectivity index (χ0v) is 18.4. The van der Waals surface area contributed by atoms with E-state index in [9.17, 15) is 19.2 Å². The predicted octanol–water partition coefficient (Wildman–Crippen LogP) is 1.04. The zero-order chi connectivity index (χ0) is 22.8. The van der Waals surface area contributed by atoms with Crippen molar-refractivity contribution in [2.45, 2.75) is 59.2 Å². The molecule has 9 nitrogen and oxygen atoms in total. The van der Waals surface area contributed by atoms with E-state index >= 15 is 0 Å². The number of likely N-dealkylation sites (N-methyl/N-ethyl adjacent to an activating group) is 1. The summed E-state index contributed by atoms with van der Waals surface area (Å²) in [6, 6.07) is -0.510. The maximum absolute atomic E-state index is 13.4. The van der Waals surface area contributed by atoms with Gasteiger partial charge < -0.3 is 25.1 Å². The van der Waals surface area contributed by atoms with Crippen LogP contribution in [0.4, 0.5) is 0 Å². The number of aryl methyl sites for hydroxylation is 1. The lowest BCUT2D eigenvalue weighted by molar-refractivity contribution is -0.141. The molecule has 1 fully saturated rings. The molecule has 0 radical (unpaired) electrons. The van der Waals surface area contributed by atoms with Crippen molar-refractivity contribution in [2.24, 2.45) is 17.1 Å². The Morgan fingerprint density at radius 3 is 2.47 bits per heavy atom. The third-order valence-electron chi connectivity index (χ3n) is 6.07. The zero-order valence-electron chi connectivity index (χ0n) is 18.4. The minimum Gasteiger partial charge on any atom is -0.469 e. The maximum atomic E-state index is 13.4. The average Bonchev–Trinajstić information content (AvgIpc) is 3.25. The van der Waals surface area contributed by atoms with Crippen LogP contribution < -0.4 is 11.1 Å². The van der Waals surface area contributed by atoms with Crippen LogP contribution in [0.2, 0.25) is 0 Å². The number of ketones is 1. The minimum atomic E-state index is -1.21. The molecule has 3 amide bonds. The van der Waals surface area contributed by atoms with Gasteiger partial charge in [0.05, 0.1) is 11.8 Å². The van der Waals surface area contributed by atoms with Crippen molar-refractivity contribution in [3.8, 4) is 0 Å². The smallest absolute Gasteiger partial charge is 0.255 e. The molecule has 1 aliphatic heterocycles. The predicted molar refractivity (Wildman–Crippen MR) is 108 cm³/mol. The van der Waals surface area contributed by atoms with Crippen LogP contribution in [0.1, 0.15) is 50.2 Å². The highest BCUT2D eigenvalue weighted by Crippen LogP contribution is 2.32. The summed E-state index contributed by atoms with van der Waals surface area (Å²) in [6.07, 6.45) is 0.522. The number of carbonyl (C=O) groups excluding carboxylic acids is 4. The highest BCUT2D eigenvalue weighted by molar-refractivity contribution is 6.01. The van der Waals surface area contributed by atoms with Gasteiger partial charge in [-0.25, -0.2) is 0 Å². The van der Waals surface area contributed by atoms with Gasteiger partial charge in [0.15, 0.2) is 11.9 Å². The molecule has 1 aliphatic rings. The first-order chi connectivity index (χ1) is 13.9. The number of hydrogen-bond acceptors (Lipinski definition) is 6. The number of hydrogen-bond donors (Lipinski definition) is 2. The van der Waals surface area contributed by atoms with E-state index in [2.05, 4.69) is 5.32 Å². The molecule has 0 bridgehead atoms. The van der Waals surface area contributed by atoms with E-state index in [1.165, 1.54) is 19.4 Å². The largest absolute Gasteiger partial charge is 0.469 e. The molecule has 0 aromatic carbocycles. The van der Waals surface area contributed by atoms with Gasteiger partial charge in [0.1, 0.15) is 24.5 Å². The second-order valence-corrected chi connectivity index (χ2v) is 8.76. The Bertz CT molecular complexity index is 828. The highest BCUT2D eigenvalue weighted by atomic mass is 16.5. The molecule has 0 aliphatic carbocycles. The third kappa shape index (κ3) is 4.89. The van der Waals surface area contributed by atoms with Gasteiger partial charge in [-0.3, -0.25) is 19.2 Å². The molecular weight excluding hydrogens is 390 g/mol. The summed E-state index contributed by atoms with van der Waals surface area (Å²) in [5.41, 5.74) is 5.37. The van der Waals surface area contributed by atoms with Gasteiger partial charge in [-0.05, 0) is 30.7 Å². The number of furan rings is 1. The number of amides is 3. The fraction of sp³-hybridized carbons (Fsp3) is 0.619. The topological polar surface area (TPSA) is 132 Å². The van der Waals surface area contributed by atoms with Crippen LogP contribution in [0, 0.1) is 18.3 Å². The van der Waals surface area contributed by atoms with Crippen molar-refractivity contribution in [1.29, 1.82) is 0 Å². The van der Waals surface area contributed by atoms with Crippen LogP contribution in [0.15, 0.2) is 16.7 Å². The maximum Gasteiger partial charge on any atom is 0.255 e. The number of carbonyl (C=O) groups is 4. The normalized spacial score (nSPS) is 20.3. The van der Waals surface area contributed by atoms with Crippen LogP contribution in [0.3, 0.4) is 0 Å². The summed E-state index contributed by atoms with van der Waals surface area (Å²) in [4.78, 5) is 51.2. The Morgan fingerprint density at radius 1 is 1.33 bits per heavy atom. The number of ether oxygens (including phenoxy) is 1. The molecule has 3 N–H and O–H groups in total. The summed E-state index contributed by atoms with van der Waals surface area (Å²) in [6.45, 7) is 9.43. The Morgan fingerprint density at radius 2 is 1.97 bits per heavy atom. The van der Waals surface area contributed by atoms with Crippen molar-refractivity contribution in [3.05, 3.63) is 23.7 Å². The Hall–Kier alpha value is -2.68. The van der Waals surface area contributed by atoms with Crippen molar-refractivity contribution in [2.75, 3.05) is 13.7 Å². The monoisotopic (exact) mass is 421 g/mol. The molecule has 30 heavy (non-hydrogen) atoms. The lowest BCUT2D eigenvalue weighted by Gasteiger charge is -2.36. The molecule has 1 saturated heterocycles. The molecule has 1 aromatic heterocycles. The van der Waals surface area contributed by atoms with Crippen LogP contribution in [0.5, 0.6) is 0 Å². The highest BCUT2D eigenvalue weighted by Gasteiger charge is 2.45. The standard InChI is InChI=1S/C21H31N3O6/c1-11(2)21(4,5)9-14(23-19(27)13-7-8-29-12(13)3)20(28)24(6)16-15(25)10-30-17(16)18(22)26/h7-8,11,14,16-17H,9-10H2,1-6H3,(H2,22,26)(H,23,27)/t14-,16?,17?/m0/s1. The molecular formula is C21H31N3O6. The van der Waals surface area contributed by atoms with Crippen LogP contribution in [-0.4, -0.2) is 60.2 Å². The Kier molecular flexibility index (Phi) is 7.07. The van der Waals surface area contributed by atoms with Crippen molar-refractivity contribution < 1.29 is 28.3 Å². The number of primary amides is 1. The summed E-state index contributed by atoms with van der Waals surface area (Å²) in [7, 11) is 1.42. The van der Waals surface area contributed by atoms with E-state index in [4.69, 9.17) is 14.9 Å². The van der Waals surface area contributed by atoms with Crippen LogP contribution >= 0.6 is 0 Å². The van der Waals surface area contributed by atoms with Gasteiger partial charge in [-0.15, -0.1) is 0 Å². The lowest BCUT2D eigenvalue weighted by atomic mass is 9.76. The molecule has 166 valence electrons. The molecule has 9 heteroatoms. The summed E-state index contributed by atoms with van der Waals surface area (Å²) >= 11 is 0. The first-order valence-electron chi connectivity index (χ1n) is 9.92. The number of Topliss-reactive ketones (excluding diaryl/α,β-unsaturated/α-hetero) is 1. The van der Waals surface area contributed by atoms with Crippen LogP contribution in [0.25, 0.3) is 0 Å². The lowest BCUT2D eigenvalue weighted by Crippen LogP contribution is -2.57. The molecule has 2 rings (SSSR count). The van der Waals surface area contributed by atoms with E-state index in [1.807, 2.05) is 27.7 Å². The first kappa shape index (κ1) is 23.6. The fourth-order valence-electron chi connectivity index (χ4n) is 3.38. The van der Waals surface area contributed by atoms with Gasteiger partial charge in [0.25, 0.3) is 5.91 Å². The summed E-state index contributed by atoms with van der Waals surface area (Å²) in [5, 5.41) is 2.78. The van der Waals surface area contributed by atoms with E-state index in [0.717, 1.165) is 4.90 Å². The van der Waals surface area contributed by atoms with Gasteiger partial charge in [-0.1, -0.05) is 27.7 Å². The minimum absolute atomic E-state index is 0.223. The van der Waals surface area contributed by atoms with Crippen LogP contribution in [-0.2, 0) is 19.1 Å². The quantitative estimate of drug-likeness (QED) is 0.645. The van der Waals surface area contributed by atoms with Gasteiger partial charge in [0.2, 0.25) is 11.8 Å². The second kappa shape index (κ2) is 8.99. The van der Waals surface area contributed by atoms with Gasteiger partial charge in [-0.2, -0.15) is 0 Å². The molecule has 0 spiro atoms. The summed E-state index contributed by atoms with van der Waals surface area (Å²) < 4.78 is 10.3. The SMILES string of the molecule is Cc1occc1C(=O)N[C@@H](CC(C)(C)C(C)C)C(=O)N(C)C1C(=O)COC1C(N)=O. The van der Waals surface area contributed by atoms with E-state index in [0.29, 0.717) is 17.7 Å². The number of rotatable bonds is 8. The Balaban J connectivity index is 2.31. The molecule has 1 aromatic rings. The van der Waals surface area contributed by atoms with E-state index in [1.54, 1.807) is 6.92 Å². The first-order valence-corrected chi connectivity index (χ1v) is 9.92. The molecule has 3 atom stereocenters. The second-order valence-electron chi connectivity index (χ2n) is 8.76. The number of nitrogens with zero attached hydrogens (tertiary/aromatic N) is 1. The van der Waals surface area contributed by atoms with E-state index < -0.39 is 41.7 Å². The van der Waals surface area contributed by atoms with Gasteiger partial charge >= 0.3 is 0 Å². The number of nitrogens with one attached hydrogen (secondary N) is 1. The van der Waals surface area contributed by atoms with Crippen molar-refractivity contribution in [1.82, 2.24) is 10.2 Å². The Labute approximate surface area is 176 Å². The molecule has 2 heterocycles. The number of nitrogens with two attached hydrogens (primary N) is 1. The van der Waals surface area contributed by atoms with E-state index in [-0.39, 0.29) is 17.9 Å². The third-order valence-corrected chi connectivity index (χ3v) is 6.07. The van der Waals surface area contributed by atoms with Crippen molar-refractivity contribution in [3.63, 3.8) is 0 Å². The summed E-state index contributed by atoms with van der Waals surface area (Å²) in [5.74, 6) is -1.51. The van der Waals surface area contributed by atoms with Gasteiger partial charge in [0, 0.05) is 7.05 Å².